The summed E-state index contributed by atoms with van der Waals surface area (Å²) in [6.07, 6.45) is 5.95. The first-order valence-electron chi connectivity index (χ1n) is 9.70. The second-order valence-corrected chi connectivity index (χ2v) is 7.23. The molecule has 0 saturated carbocycles. The van der Waals surface area contributed by atoms with E-state index in [0.29, 0.717) is 5.69 Å². The molecule has 2 N–H and O–H groups in total. The summed E-state index contributed by atoms with van der Waals surface area (Å²) in [7, 11) is 0. The van der Waals surface area contributed by atoms with Gasteiger partial charge in [-0.15, -0.1) is 0 Å². The van der Waals surface area contributed by atoms with E-state index >= 15 is 0 Å². The maximum atomic E-state index is 13.0. The van der Waals surface area contributed by atoms with E-state index in [1.165, 1.54) is 0 Å². The van der Waals surface area contributed by atoms with Crippen LogP contribution in [0, 0.1) is 0 Å². The summed E-state index contributed by atoms with van der Waals surface area (Å²) in [5.41, 5.74) is 10.4. The van der Waals surface area contributed by atoms with Crippen molar-refractivity contribution in [3.63, 3.8) is 0 Å². The van der Waals surface area contributed by atoms with Crippen LogP contribution < -0.4 is 10.6 Å². The average molecular weight is 372 g/mol. The van der Waals surface area contributed by atoms with Crippen LogP contribution in [-0.2, 0) is 6.42 Å². The molecule has 28 heavy (non-hydrogen) atoms. The third-order valence-electron chi connectivity index (χ3n) is 5.13. The molecule has 0 aliphatic carbocycles. The van der Waals surface area contributed by atoms with Gasteiger partial charge in [-0.05, 0) is 31.0 Å². The van der Waals surface area contributed by atoms with E-state index in [1.54, 1.807) is 18.5 Å². The molecule has 4 rings (SSSR count). The van der Waals surface area contributed by atoms with Crippen LogP contribution in [0.15, 0.2) is 67.0 Å². The number of carbonyl (C=O) groups is 1. The van der Waals surface area contributed by atoms with Crippen LogP contribution in [0.4, 0.5) is 5.69 Å². The zero-order valence-electron chi connectivity index (χ0n) is 15.8. The highest BCUT2D eigenvalue weighted by atomic mass is 16.1. The Labute approximate surface area is 165 Å². The van der Waals surface area contributed by atoms with Gasteiger partial charge in [-0.3, -0.25) is 9.78 Å². The van der Waals surface area contributed by atoms with Crippen LogP contribution in [0.2, 0.25) is 0 Å². The fourth-order valence-electron chi connectivity index (χ4n) is 3.72. The number of nitrogens with zero attached hydrogens (tertiary/aromatic N) is 3. The van der Waals surface area contributed by atoms with Crippen LogP contribution in [-0.4, -0.2) is 34.9 Å². The van der Waals surface area contributed by atoms with Crippen LogP contribution >= 0.6 is 0 Å². The van der Waals surface area contributed by atoms with Crippen molar-refractivity contribution in [2.24, 2.45) is 5.73 Å². The molecule has 0 amide bonds. The minimum absolute atomic E-state index is 0.00617. The maximum Gasteiger partial charge on any atom is 0.185 e. The zero-order chi connectivity index (χ0) is 19.3. The highest BCUT2D eigenvalue weighted by molar-refractivity contribution is 5.97. The van der Waals surface area contributed by atoms with Crippen LogP contribution in [0.5, 0.6) is 0 Å². The SMILES string of the molecule is N[C@H]1CCCN(c2ccncc2CC(=O)c2cccc(-c3ccccc3)n2)C1. The molecular formula is C23H24N4O. The number of rotatable bonds is 5. The molecule has 5 heteroatoms. The van der Waals surface area contributed by atoms with E-state index in [1.807, 2.05) is 48.5 Å². The third-order valence-corrected chi connectivity index (χ3v) is 5.13. The molecule has 1 atom stereocenters. The summed E-state index contributed by atoms with van der Waals surface area (Å²) in [5, 5.41) is 0. The lowest BCUT2D eigenvalue weighted by Gasteiger charge is -2.33. The Morgan fingerprint density at radius 2 is 1.96 bits per heavy atom. The summed E-state index contributed by atoms with van der Waals surface area (Å²) in [4.78, 5) is 24.1. The largest absolute Gasteiger partial charge is 0.370 e. The number of anilines is 1. The molecule has 0 spiro atoms. The first-order valence-corrected chi connectivity index (χ1v) is 9.70. The van der Waals surface area contributed by atoms with Gasteiger partial charge in [0.15, 0.2) is 5.78 Å². The molecule has 3 aromatic rings. The lowest BCUT2D eigenvalue weighted by atomic mass is 10.0. The van der Waals surface area contributed by atoms with Gasteiger partial charge in [-0.2, -0.15) is 0 Å². The summed E-state index contributed by atoms with van der Waals surface area (Å²) in [6, 6.07) is 17.6. The highest BCUT2D eigenvalue weighted by Gasteiger charge is 2.21. The fraction of sp³-hybridized carbons (Fsp3) is 0.261. The third kappa shape index (κ3) is 4.10. The Morgan fingerprint density at radius 3 is 2.79 bits per heavy atom. The summed E-state index contributed by atoms with van der Waals surface area (Å²) in [6.45, 7) is 1.77. The van der Waals surface area contributed by atoms with Gasteiger partial charge < -0.3 is 10.6 Å². The van der Waals surface area contributed by atoms with Crippen molar-refractivity contribution < 1.29 is 4.79 Å². The minimum Gasteiger partial charge on any atom is -0.370 e. The molecule has 1 saturated heterocycles. The monoisotopic (exact) mass is 372 g/mol. The van der Waals surface area contributed by atoms with Crippen molar-refractivity contribution in [1.29, 1.82) is 0 Å². The van der Waals surface area contributed by atoms with E-state index in [-0.39, 0.29) is 18.2 Å². The molecule has 142 valence electrons. The van der Waals surface area contributed by atoms with Crippen LogP contribution in [0.3, 0.4) is 0 Å². The average Bonchev–Trinajstić information content (AvgIpc) is 2.75. The number of benzene rings is 1. The molecular weight excluding hydrogens is 348 g/mol. The van der Waals surface area contributed by atoms with Crippen molar-refractivity contribution >= 4 is 11.5 Å². The van der Waals surface area contributed by atoms with Gasteiger partial charge in [0, 0.05) is 54.8 Å². The zero-order valence-corrected chi connectivity index (χ0v) is 15.8. The van der Waals surface area contributed by atoms with Gasteiger partial charge in [0.25, 0.3) is 0 Å². The molecule has 0 radical (unpaired) electrons. The number of ketones is 1. The van der Waals surface area contributed by atoms with E-state index in [0.717, 1.165) is 48.4 Å². The number of hydrogen-bond donors (Lipinski definition) is 1. The molecule has 1 aliphatic heterocycles. The first-order chi connectivity index (χ1) is 13.7. The molecule has 1 fully saturated rings. The number of nitrogens with two attached hydrogens (primary N) is 1. The predicted octanol–water partition coefficient (Wildman–Crippen LogP) is 3.50. The molecule has 1 aromatic carbocycles. The van der Waals surface area contributed by atoms with Gasteiger partial charge in [0.05, 0.1) is 5.69 Å². The minimum atomic E-state index is -0.00617. The Bertz CT molecular complexity index is 958. The van der Waals surface area contributed by atoms with Gasteiger partial charge in [0.2, 0.25) is 0 Å². The Balaban J connectivity index is 1.56. The van der Waals surface area contributed by atoms with Crippen LogP contribution in [0.1, 0.15) is 28.9 Å². The number of pyridine rings is 2. The van der Waals surface area contributed by atoms with Gasteiger partial charge >= 0.3 is 0 Å². The lowest BCUT2D eigenvalue weighted by molar-refractivity contribution is 0.0988. The normalized spacial score (nSPS) is 16.8. The van der Waals surface area contributed by atoms with Gasteiger partial charge in [-0.1, -0.05) is 36.4 Å². The summed E-state index contributed by atoms with van der Waals surface area (Å²) in [5.74, 6) is -0.00617. The van der Waals surface area contributed by atoms with Crippen molar-refractivity contribution in [2.45, 2.75) is 25.3 Å². The van der Waals surface area contributed by atoms with Crippen molar-refractivity contribution in [2.75, 3.05) is 18.0 Å². The van der Waals surface area contributed by atoms with E-state index in [9.17, 15) is 4.79 Å². The summed E-state index contributed by atoms with van der Waals surface area (Å²) >= 11 is 0. The number of piperidine rings is 1. The summed E-state index contributed by atoms with van der Waals surface area (Å²) < 4.78 is 0. The van der Waals surface area contributed by atoms with Crippen molar-refractivity contribution in [3.8, 4) is 11.3 Å². The highest BCUT2D eigenvalue weighted by Crippen LogP contribution is 2.25. The number of carbonyl (C=O) groups excluding carboxylic acids is 1. The maximum absolute atomic E-state index is 13.0. The number of Topliss-reactive ketones (excluding diaryl/α,β-unsaturated/α-hetero) is 1. The molecule has 0 unspecified atom stereocenters. The van der Waals surface area contributed by atoms with Crippen LogP contribution in [0.25, 0.3) is 11.3 Å². The molecule has 1 aliphatic rings. The van der Waals surface area contributed by atoms with Gasteiger partial charge in [0.1, 0.15) is 5.69 Å². The quantitative estimate of drug-likeness (QED) is 0.694. The molecule has 0 bridgehead atoms. The standard InChI is InChI=1S/C23H24N4O/c24-19-8-5-13-27(16-19)22-11-12-25-15-18(22)14-23(28)21-10-4-9-20(26-21)17-6-2-1-3-7-17/h1-4,6-7,9-12,15,19H,5,8,13-14,16,24H2/t19-/m0/s1. The topological polar surface area (TPSA) is 72.1 Å². The van der Waals surface area contributed by atoms with Gasteiger partial charge in [-0.25, -0.2) is 4.98 Å². The van der Waals surface area contributed by atoms with Crippen molar-refractivity contribution in [3.05, 3.63) is 78.2 Å². The smallest absolute Gasteiger partial charge is 0.185 e. The first kappa shape index (κ1) is 18.3. The Hall–Kier alpha value is -3.05. The predicted molar refractivity (Wildman–Crippen MR) is 111 cm³/mol. The number of aromatic nitrogens is 2. The molecule has 2 aromatic heterocycles. The molecule has 3 heterocycles. The fourth-order valence-corrected chi connectivity index (χ4v) is 3.72. The Kier molecular flexibility index (Phi) is 5.44. The second kappa shape index (κ2) is 8.31. The lowest BCUT2D eigenvalue weighted by Crippen LogP contribution is -2.43. The van der Waals surface area contributed by atoms with E-state index in [2.05, 4.69) is 14.9 Å². The van der Waals surface area contributed by atoms with E-state index in [4.69, 9.17) is 5.73 Å². The van der Waals surface area contributed by atoms with Crippen molar-refractivity contribution in [1.82, 2.24) is 9.97 Å². The van der Waals surface area contributed by atoms with E-state index < -0.39 is 0 Å². The second-order valence-electron chi connectivity index (χ2n) is 7.23. The number of hydrogen-bond acceptors (Lipinski definition) is 5. The molecule has 5 nitrogen and oxygen atoms in total. The Morgan fingerprint density at radius 1 is 1.11 bits per heavy atom.